The van der Waals surface area contributed by atoms with Gasteiger partial charge in [0.2, 0.25) is 0 Å². The van der Waals surface area contributed by atoms with Crippen LogP contribution in [0.1, 0.15) is 0 Å². The van der Waals surface area contributed by atoms with Gasteiger partial charge in [-0.1, -0.05) is 0 Å². The van der Waals surface area contributed by atoms with Gasteiger partial charge in [-0.2, -0.15) is 0 Å². The summed E-state index contributed by atoms with van der Waals surface area (Å²) in [6.45, 7) is 1.60. The molecule has 0 saturated carbocycles. The predicted octanol–water partition coefficient (Wildman–Crippen LogP) is 2.47. The summed E-state index contributed by atoms with van der Waals surface area (Å²) in [6, 6.07) is 8.39. The van der Waals surface area contributed by atoms with E-state index in [0.29, 0.717) is 0 Å². The molecule has 0 aromatic heterocycles. The molecule has 0 aliphatic carbocycles. The second kappa shape index (κ2) is 5.89. The molecule has 72 valence electrons. The smallest absolute Gasteiger partial charge is 0.0635 e. The van der Waals surface area contributed by atoms with Crippen molar-refractivity contribution in [3.8, 4) is 0 Å². The molecule has 0 saturated heterocycles. The van der Waals surface area contributed by atoms with Crippen LogP contribution in [-0.2, 0) is 4.74 Å². The van der Waals surface area contributed by atoms with Crippen LogP contribution in [0.25, 0.3) is 0 Å². The third-order valence-electron chi connectivity index (χ3n) is 1.73. The lowest BCUT2D eigenvalue weighted by atomic mass is 10.3. The Kier molecular flexibility index (Phi) is 4.72. The maximum absolute atomic E-state index is 4.94. The number of benzene rings is 1. The minimum Gasteiger partial charge on any atom is -0.383 e. The van der Waals surface area contributed by atoms with Gasteiger partial charge in [-0.25, -0.2) is 0 Å². The average Bonchev–Trinajstić information content (AvgIpc) is 2.19. The lowest BCUT2D eigenvalue weighted by Crippen LogP contribution is -2.07. The molecule has 0 unspecified atom stereocenters. The summed E-state index contributed by atoms with van der Waals surface area (Å²) < 4.78 is 4.94. The van der Waals surface area contributed by atoms with Gasteiger partial charge in [0.25, 0.3) is 0 Å². The minimum atomic E-state index is 0.740. The van der Waals surface area contributed by atoms with Gasteiger partial charge in [-0.15, -0.1) is 11.8 Å². The SMILES string of the molecule is COCCNc1ccc(SC)cc1. The predicted molar refractivity (Wildman–Crippen MR) is 58.6 cm³/mol. The van der Waals surface area contributed by atoms with Crippen LogP contribution in [0.2, 0.25) is 0 Å². The Morgan fingerprint density at radius 3 is 2.54 bits per heavy atom. The summed E-state index contributed by atoms with van der Waals surface area (Å²) >= 11 is 1.75. The molecule has 0 bridgehead atoms. The highest BCUT2D eigenvalue weighted by Crippen LogP contribution is 2.16. The van der Waals surface area contributed by atoms with Gasteiger partial charge < -0.3 is 10.1 Å². The normalized spacial score (nSPS) is 10.0. The zero-order valence-corrected chi connectivity index (χ0v) is 8.86. The Morgan fingerprint density at radius 2 is 2.00 bits per heavy atom. The van der Waals surface area contributed by atoms with Crippen molar-refractivity contribution in [1.29, 1.82) is 0 Å². The van der Waals surface area contributed by atoms with Gasteiger partial charge in [0.15, 0.2) is 0 Å². The van der Waals surface area contributed by atoms with Crippen LogP contribution in [0, 0.1) is 0 Å². The second-order valence-electron chi connectivity index (χ2n) is 2.65. The molecule has 2 nitrogen and oxygen atoms in total. The highest BCUT2D eigenvalue weighted by molar-refractivity contribution is 7.98. The highest BCUT2D eigenvalue weighted by Gasteiger charge is 1.91. The van der Waals surface area contributed by atoms with Crippen LogP contribution in [0.15, 0.2) is 29.2 Å². The number of hydrogen-bond donors (Lipinski definition) is 1. The van der Waals surface area contributed by atoms with Crippen LogP contribution in [0.4, 0.5) is 5.69 Å². The van der Waals surface area contributed by atoms with E-state index in [1.807, 2.05) is 0 Å². The lowest BCUT2D eigenvalue weighted by molar-refractivity contribution is 0.211. The van der Waals surface area contributed by atoms with Gasteiger partial charge in [0, 0.05) is 24.2 Å². The summed E-state index contributed by atoms with van der Waals surface area (Å²) in [4.78, 5) is 1.29. The van der Waals surface area contributed by atoms with Gasteiger partial charge in [0.05, 0.1) is 6.61 Å². The van der Waals surface area contributed by atoms with Crippen molar-refractivity contribution in [3.05, 3.63) is 24.3 Å². The number of hydrogen-bond acceptors (Lipinski definition) is 3. The van der Waals surface area contributed by atoms with Gasteiger partial charge in [-0.3, -0.25) is 0 Å². The third-order valence-corrected chi connectivity index (χ3v) is 2.47. The summed E-state index contributed by atoms with van der Waals surface area (Å²) in [5.74, 6) is 0. The van der Waals surface area contributed by atoms with Crippen molar-refractivity contribution in [2.75, 3.05) is 31.8 Å². The number of nitrogens with one attached hydrogen (secondary N) is 1. The first-order valence-electron chi connectivity index (χ1n) is 4.23. The van der Waals surface area contributed by atoms with Crippen molar-refractivity contribution in [1.82, 2.24) is 0 Å². The van der Waals surface area contributed by atoms with E-state index in [-0.39, 0.29) is 0 Å². The van der Waals surface area contributed by atoms with E-state index in [1.165, 1.54) is 4.90 Å². The molecule has 0 aliphatic heterocycles. The lowest BCUT2D eigenvalue weighted by Gasteiger charge is -2.05. The molecular formula is C10H15NOS. The molecule has 1 N–H and O–H groups in total. The highest BCUT2D eigenvalue weighted by atomic mass is 32.2. The molecule has 0 aliphatic rings. The molecule has 1 aromatic rings. The minimum absolute atomic E-state index is 0.740. The molecule has 3 heteroatoms. The van der Waals surface area contributed by atoms with Crippen molar-refractivity contribution in [3.63, 3.8) is 0 Å². The van der Waals surface area contributed by atoms with Gasteiger partial charge >= 0.3 is 0 Å². The second-order valence-corrected chi connectivity index (χ2v) is 3.53. The van der Waals surface area contributed by atoms with Crippen molar-refractivity contribution in [2.45, 2.75) is 4.90 Å². The van der Waals surface area contributed by atoms with E-state index < -0.39 is 0 Å². The molecule has 0 heterocycles. The zero-order chi connectivity index (χ0) is 9.52. The van der Waals surface area contributed by atoms with Crippen molar-refractivity contribution < 1.29 is 4.74 Å². The van der Waals surface area contributed by atoms with Crippen LogP contribution < -0.4 is 5.32 Å². The number of rotatable bonds is 5. The van der Waals surface area contributed by atoms with Crippen LogP contribution in [0.5, 0.6) is 0 Å². The number of methoxy groups -OCH3 is 1. The molecular weight excluding hydrogens is 182 g/mol. The van der Waals surface area contributed by atoms with Crippen LogP contribution in [-0.4, -0.2) is 26.5 Å². The monoisotopic (exact) mass is 197 g/mol. The summed E-state index contributed by atoms with van der Waals surface area (Å²) in [6.07, 6.45) is 2.08. The van der Waals surface area contributed by atoms with Crippen molar-refractivity contribution in [2.24, 2.45) is 0 Å². The number of anilines is 1. The zero-order valence-electron chi connectivity index (χ0n) is 8.04. The molecule has 1 rings (SSSR count). The fourth-order valence-electron chi connectivity index (χ4n) is 1.01. The quantitative estimate of drug-likeness (QED) is 0.579. The van der Waals surface area contributed by atoms with Gasteiger partial charge in [-0.05, 0) is 30.5 Å². The van der Waals surface area contributed by atoms with E-state index in [4.69, 9.17) is 4.74 Å². The molecule has 0 fully saturated rings. The topological polar surface area (TPSA) is 21.3 Å². The Labute approximate surface area is 83.7 Å². The maximum Gasteiger partial charge on any atom is 0.0635 e. The average molecular weight is 197 g/mol. The van der Waals surface area contributed by atoms with Crippen molar-refractivity contribution >= 4 is 17.4 Å². The van der Waals surface area contributed by atoms with Crippen LogP contribution >= 0.6 is 11.8 Å². The van der Waals surface area contributed by atoms with E-state index in [2.05, 4.69) is 35.8 Å². The number of thioether (sulfide) groups is 1. The van der Waals surface area contributed by atoms with E-state index in [1.54, 1.807) is 18.9 Å². The summed E-state index contributed by atoms with van der Waals surface area (Å²) in [7, 11) is 1.71. The Hall–Kier alpha value is -0.670. The first-order chi connectivity index (χ1) is 6.36. The molecule has 0 amide bonds. The summed E-state index contributed by atoms with van der Waals surface area (Å²) in [5, 5.41) is 3.26. The molecule has 1 aromatic carbocycles. The first-order valence-corrected chi connectivity index (χ1v) is 5.46. The largest absolute Gasteiger partial charge is 0.383 e. The standard InChI is InChI=1S/C10H15NOS/c1-12-8-7-11-9-3-5-10(13-2)6-4-9/h3-6,11H,7-8H2,1-2H3. The Balaban J connectivity index is 2.40. The summed E-state index contributed by atoms with van der Waals surface area (Å²) in [5.41, 5.74) is 1.15. The van der Waals surface area contributed by atoms with E-state index in [9.17, 15) is 0 Å². The fraction of sp³-hybridized carbons (Fsp3) is 0.400. The van der Waals surface area contributed by atoms with E-state index >= 15 is 0 Å². The molecule has 0 atom stereocenters. The van der Waals surface area contributed by atoms with E-state index in [0.717, 1.165) is 18.8 Å². The molecule has 0 radical (unpaired) electrons. The Morgan fingerprint density at radius 1 is 1.31 bits per heavy atom. The molecule has 13 heavy (non-hydrogen) atoms. The number of ether oxygens (including phenoxy) is 1. The molecule has 0 spiro atoms. The first kappa shape index (κ1) is 10.4. The van der Waals surface area contributed by atoms with Gasteiger partial charge in [0.1, 0.15) is 0 Å². The third kappa shape index (κ3) is 3.70. The van der Waals surface area contributed by atoms with Crippen LogP contribution in [0.3, 0.4) is 0 Å². The maximum atomic E-state index is 4.94. The Bertz CT molecular complexity index is 235. The fourth-order valence-corrected chi connectivity index (χ4v) is 1.41.